The van der Waals surface area contributed by atoms with Crippen molar-refractivity contribution in [1.82, 2.24) is 0 Å². The van der Waals surface area contributed by atoms with Gasteiger partial charge in [0.05, 0.1) is 5.92 Å². The summed E-state index contributed by atoms with van der Waals surface area (Å²) in [6.45, 7) is 5.39. The molecule has 0 heterocycles. The highest BCUT2D eigenvalue weighted by Crippen LogP contribution is 2.14. The van der Waals surface area contributed by atoms with Gasteiger partial charge in [-0.1, -0.05) is 24.1 Å². The summed E-state index contributed by atoms with van der Waals surface area (Å²) in [7, 11) is 0. The summed E-state index contributed by atoms with van der Waals surface area (Å²) in [5.41, 5.74) is 2.64. The van der Waals surface area contributed by atoms with Crippen LogP contribution in [0.15, 0.2) is 18.2 Å². The van der Waals surface area contributed by atoms with Gasteiger partial charge in [-0.15, -0.1) is 0 Å². The molecule has 0 aliphatic heterocycles. The number of carboxylic acid groups (broad SMARTS) is 1. The second-order valence-corrected chi connectivity index (χ2v) is 4.24. The molecule has 0 radical (unpaired) electrons. The van der Waals surface area contributed by atoms with Crippen LogP contribution in [0.4, 0.5) is 0 Å². The van der Waals surface area contributed by atoms with E-state index in [0.29, 0.717) is 5.56 Å². The summed E-state index contributed by atoms with van der Waals surface area (Å²) in [6, 6.07) is 5.57. The molecule has 16 heavy (non-hydrogen) atoms. The van der Waals surface area contributed by atoms with Gasteiger partial charge in [0.1, 0.15) is 0 Å². The van der Waals surface area contributed by atoms with Crippen molar-refractivity contribution in [3.63, 3.8) is 0 Å². The number of aryl methyl sites for hydroxylation is 2. The molecule has 0 aliphatic rings. The van der Waals surface area contributed by atoms with Crippen molar-refractivity contribution < 1.29 is 14.7 Å². The highest BCUT2D eigenvalue weighted by atomic mass is 16.4. The number of Topliss-reactive ketones (excluding diaryl/α,β-unsaturated/α-hetero) is 1. The first kappa shape index (κ1) is 12.4. The van der Waals surface area contributed by atoms with Gasteiger partial charge in [-0.3, -0.25) is 9.59 Å². The molecule has 0 saturated heterocycles. The number of hydrogen-bond donors (Lipinski definition) is 1. The summed E-state index contributed by atoms with van der Waals surface area (Å²) in [5.74, 6) is -1.67. The molecule has 1 atom stereocenters. The molecule has 3 heteroatoms. The Labute approximate surface area is 95.1 Å². The maximum atomic E-state index is 11.8. The van der Waals surface area contributed by atoms with Crippen LogP contribution in [0.1, 0.15) is 34.8 Å². The van der Waals surface area contributed by atoms with Crippen LogP contribution in [0.2, 0.25) is 0 Å². The van der Waals surface area contributed by atoms with E-state index in [1.807, 2.05) is 19.9 Å². The van der Waals surface area contributed by atoms with Gasteiger partial charge in [0.15, 0.2) is 5.78 Å². The zero-order chi connectivity index (χ0) is 12.3. The van der Waals surface area contributed by atoms with Crippen LogP contribution >= 0.6 is 0 Å². The van der Waals surface area contributed by atoms with Crippen LogP contribution in [-0.4, -0.2) is 16.9 Å². The molecule has 0 fully saturated rings. The van der Waals surface area contributed by atoms with Crippen LogP contribution in [0, 0.1) is 19.8 Å². The van der Waals surface area contributed by atoms with E-state index in [1.54, 1.807) is 19.1 Å². The van der Waals surface area contributed by atoms with Crippen molar-refractivity contribution in [3.8, 4) is 0 Å². The molecule has 0 unspecified atom stereocenters. The molecule has 1 rings (SSSR count). The van der Waals surface area contributed by atoms with E-state index < -0.39 is 11.9 Å². The largest absolute Gasteiger partial charge is 0.481 e. The SMILES string of the molecule is Cc1cc(C)cc(C(=O)C[C@@H](C)C(=O)O)c1. The normalized spacial score (nSPS) is 12.2. The maximum Gasteiger partial charge on any atom is 0.306 e. The Morgan fingerprint density at radius 3 is 2.12 bits per heavy atom. The number of aliphatic carboxylic acids is 1. The van der Waals surface area contributed by atoms with E-state index in [-0.39, 0.29) is 12.2 Å². The highest BCUT2D eigenvalue weighted by Gasteiger charge is 2.17. The van der Waals surface area contributed by atoms with E-state index in [2.05, 4.69) is 0 Å². The first-order valence-corrected chi connectivity index (χ1v) is 5.24. The second kappa shape index (κ2) is 4.92. The molecule has 0 bridgehead atoms. The minimum atomic E-state index is -0.933. The molecular weight excluding hydrogens is 204 g/mol. The predicted molar refractivity (Wildman–Crippen MR) is 61.7 cm³/mol. The minimum Gasteiger partial charge on any atom is -0.481 e. The Morgan fingerprint density at radius 2 is 1.69 bits per heavy atom. The maximum absolute atomic E-state index is 11.8. The van der Waals surface area contributed by atoms with Crippen molar-refractivity contribution in [2.45, 2.75) is 27.2 Å². The van der Waals surface area contributed by atoms with Crippen molar-refractivity contribution in [2.75, 3.05) is 0 Å². The monoisotopic (exact) mass is 220 g/mol. The van der Waals surface area contributed by atoms with Crippen molar-refractivity contribution in [2.24, 2.45) is 5.92 Å². The number of carbonyl (C=O) groups is 2. The smallest absolute Gasteiger partial charge is 0.306 e. The van der Waals surface area contributed by atoms with Crippen LogP contribution in [0.25, 0.3) is 0 Å². The Kier molecular flexibility index (Phi) is 3.82. The molecular formula is C13H16O3. The third kappa shape index (κ3) is 3.19. The fourth-order valence-corrected chi connectivity index (χ4v) is 1.62. The number of rotatable bonds is 4. The Balaban J connectivity index is 2.84. The molecule has 1 aromatic rings. The van der Waals surface area contributed by atoms with Crippen molar-refractivity contribution in [3.05, 3.63) is 34.9 Å². The number of hydrogen-bond acceptors (Lipinski definition) is 2. The van der Waals surface area contributed by atoms with Gasteiger partial charge in [-0.2, -0.15) is 0 Å². The number of carboxylic acids is 1. The van der Waals surface area contributed by atoms with Crippen LogP contribution in [0.5, 0.6) is 0 Å². The number of benzene rings is 1. The zero-order valence-electron chi connectivity index (χ0n) is 9.78. The third-order valence-electron chi connectivity index (χ3n) is 2.46. The third-order valence-corrected chi connectivity index (χ3v) is 2.46. The molecule has 1 N–H and O–H groups in total. The van der Waals surface area contributed by atoms with E-state index in [0.717, 1.165) is 11.1 Å². The lowest BCUT2D eigenvalue weighted by atomic mass is 9.97. The summed E-state index contributed by atoms with van der Waals surface area (Å²) < 4.78 is 0. The molecule has 1 aromatic carbocycles. The summed E-state index contributed by atoms with van der Waals surface area (Å²) in [6.07, 6.45) is 0.0538. The van der Waals surface area contributed by atoms with Gasteiger partial charge in [0, 0.05) is 12.0 Å². The quantitative estimate of drug-likeness (QED) is 0.793. The molecule has 0 saturated carbocycles. The average Bonchev–Trinajstić information content (AvgIpc) is 2.15. The Morgan fingerprint density at radius 1 is 1.19 bits per heavy atom. The van der Waals surface area contributed by atoms with E-state index >= 15 is 0 Å². The van der Waals surface area contributed by atoms with E-state index in [9.17, 15) is 9.59 Å². The lowest BCUT2D eigenvalue weighted by Gasteiger charge is -2.07. The van der Waals surface area contributed by atoms with Gasteiger partial charge in [0.25, 0.3) is 0 Å². The molecule has 3 nitrogen and oxygen atoms in total. The standard InChI is InChI=1S/C13H16O3/c1-8-4-9(2)6-11(5-8)12(14)7-10(3)13(15)16/h4-6,10H,7H2,1-3H3,(H,15,16)/t10-/m1/s1. The topological polar surface area (TPSA) is 54.4 Å². The number of ketones is 1. The molecule has 86 valence electrons. The van der Waals surface area contributed by atoms with Gasteiger partial charge < -0.3 is 5.11 Å². The Hall–Kier alpha value is -1.64. The number of carbonyl (C=O) groups excluding carboxylic acids is 1. The van der Waals surface area contributed by atoms with Crippen molar-refractivity contribution >= 4 is 11.8 Å². The van der Waals surface area contributed by atoms with Crippen LogP contribution in [-0.2, 0) is 4.79 Å². The lowest BCUT2D eigenvalue weighted by Crippen LogP contribution is -2.14. The summed E-state index contributed by atoms with van der Waals surface area (Å²) in [5, 5.41) is 8.73. The first-order chi connectivity index (χ1) is 7.40. The average molecular weight is 220 g/mol. The van der Waals surface area contributed by atoms with Crippen LogP contribution < -0.4 is 0 Å². The predicted octanol–water partition coefficient (Wildman–Crippen LogP) is 2.60. The lowest BCUT2D eigenvalue weighted by molar-refractivity contribution is -0.141. The van der Waals surface area contributed by atoms with Gasteiger partial charge >= 0.3 is 5.97 Å². The van der Waals surface area contributed by atoms with E-state index in [1.165, 1.54) is 0 Å². The zero-order valence-corrected chi connectivity index (χ0v) is 9.78. The molecule has 0 spiro atoms. The van der Waals surface area contributed by atoms with E-state index in [4.69, 9.17) is 5.11 Å². The molecule has 0 aromatic heterocycles. The molecule has 0 aliphatic carbocycles. The first-order valence-electron chi connectivity index (χ1n) is 5.24. The fraction of sp³-hybridized carbons (Fsp3) is 0.385. The summed E-state index contributed by atoms with van der Waals surface area (Å²) in [4.78, 5) is 22.4. The van der Waals surface area contributed by atoms with Gasteiger partial charge in [0.2, 0.25) is 0 Å². The Bertz CT molecular complexity index is 401. The second-order valence-electron chi connectivity index (χ2n) is 4.24. The fourth-order valence-electron chi connectivity index (χ4n) is 1.62. The highest BCUT2D eigenvalue weighted by molar-refractivity contribution is 5.98. The molecule has 0 amide bonds. The van der Waals surface area contributed by atoms with Gasteiger partial charge in [-0.25, -0.2) is 0 Å². The van der Waals surface area contributed by atoms with Crippen LogP contribution in [0.3, 0.4) is 0 Å². The van der Waals surface area contributed by atoms with Gasteiger partial charge in [-0.05, 0) is 26.0 Å². The minimum absolute atomic E-state index is 0.0538. The van der Waals surface area contributed by atoms with Crippen molar-refractivity contribution in [1.29, 1.82) is 0 Å². The summed E-state index contributed by atoms with van der Waals surface area (Å²) >= 11 is 0.